The van der Waals surface area contributed by atoms with Crippen molar-refractivity contribution in [2.75, 3.05) is 26.2 Å². The molecule has 4 rings (SSSR count). The van der Waals surface area contributed by atoms with Gasteiger partial charge in [0.25, 0.3) is 5.91 Å². The molecule has 1 saturated carbocycles. The van der Waals surface area contributed by atoms with Gasteiger partial charge in [0, 0.05) is 37.7 Å². The average Bonchev–Trinajstić information content (AvgIpc) is 3.46. The normalized spacial score (nSPS) is 18.5. The van der Waals surface area contributed by atoms with Crippen molar-refractivity contribution in [1.82, 2.24) is 9.80 Å². The Morgan fingerprint density at radius 2 is 1.54 bits per heavy atom. The van der Waals surface area contributed by atoms with Gasteiger partial charge in [0.2, 0.25) is 5.91 Å². The van der Waals surface area contributed by atoms with Gasteiger partial charge in [0.1, 0.15) is 0 Å². The molecule has 0 aromatic heterocycles. The molecule has 24 heavy (non-hydrogen) atoms. The SMILES string of the molecule is O=C(c1cccc2ccccc12)N1CCCN(C(=O)C2CC2)CC1. The molecule has 2 amide bonds. The van der Waals surface area contributed by atoms with E-state index in [1.54, 1.807) is 0 Å². The molecule has 0 bridgehead atoms. The summed E-state index contributed by atoms with van der Waals surface area (Å²) in [6.07, 6.45) is 2.93. The van der Waals surface area contributed by atoms with Crippen LogP contribution in [0.25, 0.3) is 10.8 Å². The van der Waals surface area contributed by atoms with E-state index in [1.807, 2.05) is 52.3 Å². The smallest absolute Gasteiger partial charge is 0.254 e. The molecule has 0 N–H and O–H groups in total. The summed E-state index contributed by atoms with van der Waals surface area (Å²) < 4.78 is 0. The Bertz CT molecular complexity index is 777. The van der Waals surface area contributed by atoms with E-state index in [-0.39, 0.29) is 17.7 Å². The highest BCUT2D eigenvalue weighted by Crippen LogP contribution is 2.31. The fourth-order valence-electron chi connectivity index (χ4n) is 3.51. The van der Waals surface area contributed by atoms with E-state index in [4.69, 9.17) is 0 Å². The van der Waals surface area contributed by atoms with E-state index >= 15 is 0 Å². The number of hydrogen-bond acceptors (Lipinski definition) is 2. The molecular weight excluding hydrogens is 300 g/mol. The van der Waals surface area contributed by atoms with Gasteiger partial charge >= 0.3 is 0 Å². The molecule has 124 valence electrons. The summed E-state index contributed by atoms with van der Waals surface area (Å²) in [5, 5.41) is 2.09. The fraction of sp³-hybridized carbons (Fsp3) is 0.400. The lowest BCUT2D eigenvalue weighted by Crippen LogP contribution is -2.38. The lowest BCUT2D eigenvalue weighted by Gasteiger charge is -2.22. The van der Waals surface area contributed by atoms with Gasteiger partial charge in [-0.15, -0.1) is 0 Å². The molecule has 2 aliphatic rings. The molecule has 2 aromatic carbocycles. The Hall–Kier alpha value is -2.36. The van der Waals surface area contributed by atoms with Crippen LogP contribution in [0.2, 0.25) is 0 Å². The summed E-state index contributed by atoms with van der Waals surface area (Å²) in [7, 11) is 0. The topological polar surface area (TPSA) is 40.6 Å². The monoisotopic (exact) mass is 322 g/mol. The van der Waals surface area contributed by atoms with E-state index in [1.165, 1.54) is 0 Å². The molecule has 4 nitrogen and oxygen atoms in total. The molecule has 2 fully saturated rings. The standard InChI is InChI=1S/C20H22N2O2/c23-19(16-9-10-16)21-11-4-12-22(14-13-21)20(24)18-8-3-6-15-5-1-2-7-17(15)18/h1-3,5-8,16H,4,9-14H2. The first kappa shape index (κ1) is 15.2. The first-order chi connectivity index (χ1) is 11.7. The van der Waals surface area contributed by atoms with Crippen molar-refractivity contribution in [1.29, 1.82) is 0 Å². The zero-order chi connectivity index (χ0) is 16.5. The largest absolute Gasteiger partial charge is 0.341 e. The number of hydrogen-bond donors (Lipinski definition) is 0. The Balaban J connectivity index is 1.52. The summed E-state index contributed by atoms with van der Waals surface area (Å²) >= 11 is 0. The summed E-state index contributed by atoms with van der Waals surface area (Å²) in [6, 6.07) is 13.9. The molecule has 0 atom stereocenters. The van der Waals surface area contributed by atoms with Gasteiger partial charge in [-0.3, -0.25) is 9.59 Å². The maximum absolute atomic E-state index is 13.0. The minimum absolute atomic E-state index is 0.0764. The highest BCUT2D eigenvalue weighted by molar-refractivity contribution is 6.07. The van der Waals surface area contributed by atoms with Crippen LogP contribution in [0.3, 0.4) is 0 Å². The molecule has 1 saturated heterocycles. The van der Waals surface area contributed by atoms with Crippen LogP contribution in [0.5, 0.6) is 0 Å². The van der Waals surface area contributed by atoms with Gasteiger partial charge in [-0.05, 0) is 36.1 Å². The number of nitrogens with zero attached hydrogens (tertiary/aromatic N) is 2. The summed E-state index contributed by atoms with van der Waals surface area (Å²) in [5.41, 5.74) is 0.759. The maximum Gasteiger partial charge on any atom is 0.254 e. The quantitative estimate of drug-likeness (QED) is 0.853. The lowest BCUT2D eigenvalue weighted by molar-refractivity contribution is -0.132. The van der Waals surface area contributed by atoms with Crippen molar-refractivity contribution >= 4 is 22.6 Å². The summed E-state index contributed by atoms with van der Waals surface area (Å²) in [5.74, 6) is 0.618. The molecule has 1 aliphatic carbocycles. The predicted molar refractivity (Wildman–Crippen MR) is 93.8 cm³/mol. The second kappa shape index (κ2) is 6.27. The van der Waals surface area contributed by atoms with Gasteiger partial charge in [-0.25, -0.2) is 0 Å². The molecule has 0 spiro atoms. The highest BCUT2D eigenvalue weighted by Gasteiger charge is 2.34. The third-order valence-electron chi connectivity index (χ3n) is 5.04. The molecule has 0 radical (unpaired) electrons. The molecule has 1 aliphatic heterocycles. The lowest BCUT2D eigenvalue weighted by atomic mass is 10.0. The van der Waals surface area contributed by atoms with Crippen molar-refractivity contribution < 1.29 is 9.59 Å². The second-order valence-corrected chi connectivity index (χ2v) is 6.77. The number of fused-ring (bicyclic) bond motifs is 1. The van der Waals surface area contributed by atoms with Crippen LogP contribution in [0.4, 0.5) is 0 Å². The molecular formula is C20H22N2O2. The van der Waals surface area contributed by atoms with Crippen LogP contribution in [-0.2, 0) is 4.79 Å². The van der Waals surface area contributed by atoms with E-state index in [0.717, 1.165) is 48.7 Å². The zero-order valence-corrected chi connectivity index (χ0v) is 13.8. The third-order valence-corrected chi connectivity index (χ3v) is 5.04. The Kier molecular flexibility index (Phi) is 3.97. The summed E-state index contributed by atoms with van der Waals surface area (Å²) in [6.45, 7) is 2.78. The van der Waals surface area contributed by atoms with Gasteiger partial charge in [-0.2, -0.15) is 0 Å². The molecule has 4 heteroatoms. The minimum Gasteiger partial charge on any atom is -0.341 e. The first-order valence-corrected chi connectivity index (χ1v) is 8.80. The molecule has 2 aromatic rings. The van der Waals surface area contributed by atoms with E-state index in [0.29, 0.717) is 13.1 Å². The van der Waals surface area contributed by atoms with Crippen molar-refractivity contribution in [2.45, 2.75) is 19.3 Å². The van der Waals surface area contributed by atoms with Crippen LogP contribution in [0, 0.1) is 5.92 Å². The number of amides is 2. The van der Waals surface area contributed by atoms with Gasteiger partial charge < -0.3 is 9.80 Å². The van der Waals surface area contributed by atoms with Crippen molar-refractivity contribution in [3.8, 4) is 0 Å². The molecule has 0 unspecified atom stereocenters. The number of carbonyl (C=O) groups is 2. The van der Waals surface area contributed by atoms with Crippen molar-refractivity contribution in [2.24, 2.45) is 5.92 Å². The average molecular weight is 322 g/mol. The van der Waals surface area contributed by atoms with Crippen LogP contribution < -0.4 is 0 Å². The number of benzene rings is 2. The summed E-state index contributed by atoms with van der Waals surface area (Å²) in [4.78, 5) is 29.1. The van der Waals surface area contributed by atoms with E-state index < -0.39 is 0 Å². The fourth-order valence-corrected chi connectivity index (χ4v) is 3.51. The van der Waals surface area contributed by atoms with Crippen LogP contribution in [-0.4, -0.2) is 47.8 Å². The Morgan fingerprint density at radius 1 is 0.833 bits per heavy atom. The van der Waals surface area contributed by atoms with E-state index in [2.05, 4.69) is 0 Å². The Labute approximate surface area is 142 Å². The zero-order valence-electron chi connectivity index (χ0n) is 13.8. The van der Waals surface area contributed by atoms with Gasteiger partial charge in [-0.1, -0.05) is 36.4 Å². The molecule has 1 heterocycles. The maximum atomic E-state index is 13.0. The number of carbonyl (C=O) groups excluding carboxylic acids is 2. The van der Waals surface area contributed by atoms with Crippen LogP contribution in [0.1, 0.15) is 29.6 Å². The van der Waals surface area contributed by atoms with Crippen LogP contribution >= 0.6 is 0 Å². The predicted octanol–water partition coefficient (Wildman–Crippen LogP) is 2.92. The van der Waals surface area contributed by atoms with E-state index in [9.17, 15) is 9.59 Å². The number of rotatable bonds is 2. The Morgan fingerprint density at radius 3 is 2.38 bits per heavy atom. The van der Waals surface area contributed by atoms with Gasteiger partial charge in [0.05, 0.1) is 0 Å². The second-order valence-electron chi connectivity index (χ2n) is 6.77. The van der Waals surface area contributed by atoms with Crippen molar-refractivity contribution in [3.63, 3.8) is 0 Å². The highest BCUT2D eigenvalue weighted by atomic mass is 16.2. The third kappa shape index (κ3) is 2.88. The minimum atomic E-state index is 0.0764. The van der Waals surface area contributed by atoms with Crippen LogP contribution in [0.15, 0.2) is 42.5 Å². The van der Waals surface area contributed by atoms with Gasteiger partial charge in [0.15, 0.2) is 0 Å². The van der Waals surface area contributed by atoms with Crippen molar-refractivity contribution in [3.05, 3.63) is 48.0 Å². The first-order valence-electron chi connectivity index (χ1n) is 8.80.